The normalized spacial score (nSPS) is 25.9. The third-order valence-electron chi connectivity index (χ3n) is 4.87. The van der Waals surface area contributed by atoms with Crippen molar-refractivity contribution in [3.05, 3.63) is 42.0 Å². The molecule has 0 radical (unpaired) electrons. The fraction of sp³-hybridized carbons (Fsp3) is 0.500. The van der Waals surface area contributed by atoms with Crippen molar-refractivity contribution < 1.29 is 13.2 Å². The van der Waals surface area contributed by atoms with E-state index in [4.69, 9.17) is 0 Å². The summed E-state index contributed by atoms with van der Waals surface area (Å²) in [5, 5.41) is 0. The number of sulfone groups is 1. The number of amides is 2. The van der Waals surface area contributed by atoms with Gasteiger partial charge < -0.3 is 9.80 Å². The average Bonchev–Trinajstić information content (AvgIpc) is 2.90. The first-order chi connectivity index (χ1) is 11.9. The Morgan fingerprint density at radius 1 is 1.16 bits per heavy atom. The predicted molar refractivity (Wildman–Crippen MR) is 99.1 cm³/mol. The van der Waals surface area contributed by atoms with Crippen LogP contribution in [-0.2, 0) is 9.84 Å². The lowest BCUT2D eigenvalue weighted by molar-refractivity contribution is 0.0638. The minimum Gasteiger partial charge on any atom is -0.331 e. The zero-order valence-corrected chi connectivity index (χ0v) is 15.5. The van der Waals surface area contributed by atoms with E-state index in [0.29, 0.717) is 19.6 Å². The zero-order valence-electron chi connectivity index (χ0n) is 14.7. The zero-order chi connectivity index (χ0) is 18.0. The van der Waals surface area contributed by atoms with Crippen LogP contribution >= 0.6 is 0 Å². The Balaban J connectivity index is 1.72. The maximum atomic E-state index is 12.4. The fourth-order valence-corrected chi connectivity index (χ4v) is 5.65. The van der Waals surface area contributed by atoms with Crippen LogP contribution < -0.4 is 0 Å². The van der Waals surface area contributed by atoms with Crippen LogP contribution in [0, 0.1) is 0 Å². The molecule has 0 saturated carbocycles. The highest BCUT2D eigenvalue weighted by Gasteiger charge is 2.47. The second kappa shape index (κ2) is 7.17. The van der Waals surface area contributed by atoms with Gasteiger partial charge in [0, 0.05) is 39.8 Å². The molecular weight excluding hydrogens is 338 g/mol. The summed E-state index contributed by atoms with van der Waals surface area (Å²) in [5.74, 6) is 0.199. The fourth-order valence-electron chi connectivity index (χ4n) is 3.63. The van der Waals surface area contributed by atoms with Crippen LogP contribution in [-0.4, -0.2) is 86.5 Å². The van der Waals surface area contributed by atoms with E-state index in [1.165, 1.54) is 4.90 Å². The number of piperazine rings is 1. The third-order valence-corrected chi connectivity index (χ3v) is 6.57. The van der Waals surface area contributed by atoms with Gasteiger partial charge >= 0.3 is 6.03 Å². The number of carbonyl (C=O) groups excluding carboxylic acids is 1. The second-order valence-electron chi connectivity index (χ2n) is 6.89. The highest BCUT2D eigenvalue weighted by molar-refractivity contribution is 7.91. The molecule has 6 nitrogen and oxygen atoms in total. The molecule has 2 saturated heterocycles. The molecule has 2 amide bonds. The van der Waals surface area contributed by atoms with Gasteiger partial charge in [-0.15, -0.1) is 0 Å². The van der Waals surface area contributed by atoms with Crippen LogP contribution in [0.1, 0.15) is 5.56 Å². The quantitative estimate of drug-likeness (QED) is 0.809. The van der Waals surface area contributed by atoms with E-state index in [1.54, 1.807) is 19.0 Å². The van der Waals surface area contributed by atoms with Crippen molar-refractivity contribution in [1.29, 1.82) is 0 Å². The molecule has 7 heteroatoms. The second-order valence-corrected chi connectivity index (χ2v) is 9.04. The summed E-state index contributed by atoms with van der Waals surface area (Å²) >= 11 is 0. The predicted octanol–water partition coefficient (Wildman–Crippen LogP) is 1.16. The topological polar surface area (TPSA) is 60.9 Å². The SMILES string of the molecule is CN(C)C(=O)N1CCN(CC=Cc2ccccc2)[C@H]2CS(=O)(=O)C[C@H]21. The van der Waals surface area contributed by atoms with Crippen LogP contribution in [0.25, 0.3) is 6.08 Å². The summed E-state index contributed by atoms with van der Waals surface area (Å²) < 4.78 is 24.4. The molecule has 0 spiro atoms. The van der Waals surface area contributed by atoms with Gasteiger partial charge in [0.2, 0.25) is 0 Å². The van der Waals surface area contributed by atoms with Gasteiger partial charge in [-0.3, -0.25) is 4.90 Å². The van der Waals surface area contributed by atoms with E-state index in [0.717, 1.165) is 5.56 Å². The van der Waals surface area contributed by atoms with Gasteiger partial charge in [-0.1, -0.05) is 42.5 Å². The first kappa shape index (κ1) is 17.9. The summed E-state index contributed by atoms with van der Waals surface area (Å²) in [7, 11) is 0.299. The van der Waals surface area contributed by atoms with Crippen molar-refractivity contribution >= 4 is 21.9 Å². The minimum absolute atomic E-state index is 0.0656. The smallest absolute Gasteiger partial charge is 0.319 e. The molecule has 1 aromatic rings. The minimum atomic E-state index is -3.11. The number of fused-ring (bicyclic) bond motifs is 1. The van der Waals surface area contributed by atoms with Crippen molar-refractivity contribution in [3.63, 3.8) is 0 Å². The van der Waals surface area contributed by atoms with Crippen LogP contribution in [0.15, 0.2) is 36.4 Å². The number of urea groups is 1. The van der Waals surface area contributed by atoms with Gasteiger partial charge in [-0.05, 0) is 5.56 Å². The Hall–Kier alpha value is -1.86. The van der Waals surface area contributed by atoms with Crippen LogP contribution in [0.3, 0.4) is 0 Å². The van der Waals surface area contributed by atoms with Crippen LogP contribution in [0.5, 0.6) is 0 Å². The Bertz CT molecular complexity index is 746. The highest BCUT2D eigenvalue weighted by Crippen LogP contribution is 2.27. The molecule has 1 aromatic carbocycles. The Morgan fingerprint density at radius 2 is 1.84 bits per heavy atom. The summed E-state index contributed by atoms with van der Waals surface area (Å²) in [4.78, 5) is 17.8. The first-order valence-corrected chi connectivity index (χ1v) is 10.3. The molecule has 136 valence electrons. The van der Waals surface area contributed by atoms with E-state index in [9.17, 15) is 13.2 Å². The van der Waals surface area contributed by atoms with Gasteiger partial charge in [0.1, 0.15) is 0 Å². The third kappa shape index (κ3) is 4.04. The molecule has 25 heavy (non-hydrogen) atoms. The van der Waals surface area contributed by atoms with E-state index < -0.39 is 9.84 Å². The van der Waals surface area contributed by atoms with Gasteiger partial charge in [0.15, 0.2) is 9.84 Å². The van der Waals surface area contributed by atoms with E-state index >= 15 is 0 Å². The number of hydrogen-bond donors (Lipinski definition) is 0. The molecule has 0 bridgehead atoms. The van der Waals surface area contributed by atoms with Crippen molar-refractivity contribution in [3.8, 4) is 0 Å². The van der Waals surface area contributed by atoms with Gasteiger partial charge in [0.25, 0.3) is 0 Å². The average molecular weight is 363 g/mol. The van der Waals surface area contributed by atoms with Gasteiger partial charge in [-0.25, -0.2) is 13.2 Å². The highest BCUT2D eigenvalue weighted by atomic mass is 32.2. The molecule has 2 fully saturated rings. The molecule has 0 aliphatic carbocycles. The standard InChI is InChI=1S/C18H25N3O3S/c1-19(2)18(22)21-12-11-20(16-13-25(23,24)14-17(16)21)10-6-9-15-7-4-3-5-8-15/h3-9,16-17H,10-14H2,1-2H3/t16-,17+/m0/s1. The maximum absolute atomic E-state index is 12.4. The monoisotopic (exact) mass is 363 g/mol. The Kier molecular flexibility index (Phi) is 5.15. The Morgan fingerprint density at radius 3 is 2.52 bits per heavy atom. The molecule has 2 aliphatic heterocycles. The van der Waals surface area contributed by atoms with E-state index in [1.807, 2.05) is 30.3 Å². The summed E-state index contributed by atoms with van der Waals surface area (Å²) in [5.41, 5.74) is 1.12. The van der Waals surface area contributed by atoms with Crippen molar-refractivity contribution in [2.45, 2.75) is 12.1 Å². The molecule has 3 rings (SSSR count). The Labute approximate surface area is 149 Å². The number of carbonyl (C=O) groups is 1. The van der Waals surface area contributed by atoms with E-state index in [2.05, 4.69) is 17.1 Å². The molecule has 2 aliphatic rings. The lowest BCUT2D eigenvalue weighted by Gasteiger charge is -2.44. The summed E-state index contributed by atoms with van der Waals surface area (Å²) in [6.45, 7) is 1.94. The first-order valence-electron chi connectivity index (χ1n) is 8.51. The molecular formula is C18H25N3O3S. The number of rotatable bonds is 3. The van der Waals surface area contributed by atoms with Crippen LogP contribution in [0.2, 0.25) is 0 Å². The van der Waals surface area contributed by atoms with Crippen molar-refractivity contribution in [2.24, 2.45) is 0 Å². The number of hydrogen-bond acceptors (Lipinski definition) is 4. The van der Waals surface area contributed by atoms with Gasteiger partial charge in [-0.2, -0.15) is 0 Å². The van der Waals surface area contributed by atoms with E-state index in [-0.39, 0.29) is 29.6 Å². The molecule has 0 N–H and O–H groups in total. The number of benzene rings is 1. The summed E-state index contributed by atoms with van der Waals surface area (Å²) in [6.07, 6.45) is 4.12. The lowest BCUT2D eigenvalue weighted by atomic mass is 10.0. The molecule has 0 unspecified atom stereocenters. The van der Waals surface area contributed by atoms with Crippen molar-refractivity contribution in [2.75, 3.05) is 45.2 Å². The maximum Gasteiger partial charge on any atom is 0.319 e. The molecule has 2 atom stereocenters. The number of nitrogens with zero attached hydrogens (tertiary/aromatic N) is 3. The van der Waals surface area contributed by atoms with Crippen molar-refractivity contribution in [1.82, 2.24) is 14.7 Å². The molecule has 2 heterocycles. The molecule has 0 aromatic heterocycles. The van der Waals surface area contributed by atoms with Gasteiger partial charge in [0.05, 0.1) is 17.5 Å². The van der Waals surface area contributed by atoms with Crippen LogP contribution in [0.4, 0.5) is 4.79 Å². The summed E-state index contributed by atoms with van der Waals surface area (Å²) in [6, 6.07) is 9.55. The largest absolute Gasteiger partial charge is 0.331 e. The lowest BCUT2D eigenvalue weighted by Crippen LogP contribution is -2.62.